The van der Waals surface area contributed by atoms with Gasteiger partial charge in [0.05, 0.1) is 12.8 Å². The molecule has 4 heteroatoms. The van der Waals surface area contributed by atoms with Gasteiger partial charge in [0.25, 0.3) is 0 Å². The number of benzene rings is 1. The van der Waals surface area contributed by atoms with Gasteiger partial charge < -0.3 is 9.64 Å². The predicted octanol–water partition coefficient (Wildman–Crippen LogP) is 2.77. The van der Waals surface area contributed by atoms with Gasteiger partial charge >= 0.3 is 0 Å². The van der Waals surface area contributed by atoms with Crippen molar-refractivity contribution in [1.82, 2.24) is 15.1 Å². The molecule has 0 radical (unpaired) electrons. The van der Waals surface area contributed by atoms with Crippen molar-refractivity contribution >= 4 is 0 Å². The standard InChI is InChI=1S/C15H19N3O/c1-11(18(2)3)12-6-5-7-13(10-12)14-8-9-15(19-4)17-16-14/h5-11H,1-4H3/t11-/m1/s1. The van der Waals surface area contributed by atoms with E-state index < -0.39 is 0 Å². The number of rotatable bonds is 4. The summed E-state index contributed by atoms with van der Waals surface area (Å²) in [6.07, 6.45) is 0. The molecule has 0 N–H and O–H groups in total. The van der Waals surface area contributed by atoms with E-state index >= 15 is 0 Å². The smallest absolute Gasteiger partial charge is 0.233 e. The third-order valence-corrected chi connectivity index (χ3v) is 3.29. The normalized spacial score (nSPS) is 12.5. The fraction of sp³-hybridized carbons (Fsp3) is 0.333. The van der Waals surface area contributed by atoms with Crippen LogP contribution in [0.1, 0.15) is 18.5 Å². The molecule has 2 aromatic rings. The quantitative estimate of drug-likeness (QED) is 0.844. The second-order valence-electron chi connectivity index (χ2n) is 4.73. The first-order chi connectivity index (χ1) is 9.11. The lowest BCUT2D eigenvalue weighted by molar-refractivity contribution is 0.321. The number of methoxy groups -OCH3 is 1. The van der Waals surface area contributed by atoms with Gasteiger partial charge in [0, 0.05) is 17.7 Å². The second-order valence-corrected chi connectivity index (χ2v) is 4.73. The lowest BCUT2D eigenvalue weighted by atomic mass is 10.0. The zero-order valence-electron chi connectivity index (χ0n) is 11.8. The molecule has 100 valence electrons. The zero-order valence-corrected chi connectivity index (χ0v) is 11.8. The molecule has 4 nitrogen and oxygen atoms in total. The number of hydrogen-bond acceptors (Lipinski definition) is 4. The highest BCUT2D eigenvalue weighted by Crippen LogP contribution is 2.24. The SMILES string of the molecule is COc1ccc(-c2cccc([C@@H](C)N(C)C)c2)nn1. The minimum atomic E-state index is 0.367. The fourth-order valence-corrected chi connectivity index (χ4v) is 1.84. The molecule has 0 unspecified atom stereocenters. The van der Waals surface area contributed by atoms with Gasteiger partial charge in [-0.2, -0.15) is 0 Å². The molecule has 0 spiro atoms. The summed E-state index contributed by atoms with van der Waals surface area (Å²) in [4.78, 5) is 2.18. The van der Waals surface area contributed by atoms with Crippen molar-refractivity contribution in [3.8, 4) is 17.1 Å². The van der Waals surface area contributed by atoms with Gasteiger partial charge in [0.15, 0.2) is 0 Å². The van der Waals surface area contributed by atoms with Gasteiger partial charge in [-0.15, -0.1) is 10.2 Å². The zero-order chi connectivity index (χ0) is 13.8. The van der Waals surface area contributed by atoms with Gasteiger partial charge in [0.1, 0.15) is 0 Å². The van der Waals surface area contributed by atoms with Crippen LogP contribution in [0.2, 0.25) is 0 Å². The van der Waals surface area contributed by atoms with Crippen LogP contribution in [-0.4, -0.2) is 36.3 Å². The Kier molecular flexibility index (Phi) is 4.12. The maximum atomic E-state index is 5.02. The van der Waals surface area contributed by atoms with E-state index in [9.17, 15) is 0 Å². The van der Waals surface area contributed by atoms with Crippen molar-refractivity contribution in [2.75, 3.05) is 21.2 Å². The molecular weight excluding hydrogens is 238 g/mol. The van der Waals surface area contributed by atoms with Crippen LogP contribution in [0.15, 0.2) is 36.4 Å². The maximum absolute atomic E-state index is 5.02. The molecular formula is C15H19N3O. The van der Waals surface area contributed by atoms with Gasteiger partial charge in [0.2, 0.25) is 5.88 Å². The molecule has 19 heavy (non-hydrogen) atoms. The second kappa shape index (κ2) is 5.80. The first kappa shape index (κ1) is 13.5. The number of hydrogen-bond donors (Lipinski definition) is 0. The van der Waals surface area contributed by atoms with Crippen LogP contribution < -0.4 is 4.74 Å². The van der Waals surface area contributed by atoms with E-state index in [-0.39, 0.29) is 0 Å². The Morgan fingerprint density at radius 3 is 2.47 bits per heavy atom. The van der Waals surface area contributed by atoms with E-state index in [0.29, 0.717) is 11.9 Å². The highest BCUT2D eigenvalue weighted by Gasteiger charge is 2.09. The van der Waals surface area contributed by atoms with Gasteiger partial charge in [-0.3, -0.25) is 0 Å². The van der Waals surface area contributed by atoms with Crippen LogP contribution in [0.3, 0.4) is 0 Å². The van der Waals surface area contributed by atoms with Crippen molar-refractivity contribution in [3.63, 3.8) is 0 Å². The van der Waals surface area contributed by atoms with Crippen LogP contribution in [0, 0.1) is 0 Å². The molecule has 0 fully saturated rings. The molecule has 2 rings (SSSR count). The molecule has 0 aliphatic rings. The monoisotopic (exact) mass is 257 g/mol. The maximum Gasteiger partial charge on any atom is 0.233 e. The summed E-state index contributed by atoms with van der Waals surface area (Å²) in [5.41, 5.74) is 3.19. The van der Waals surface area contributed by atoms with Crippen molar-refractivity contribution in [2.45, 2.75) is 13.0 Å². The average molecular weight is 257 g/mol. The fourth-order valence-electron chi connectivity index (χ4n) is 1.84. The number of aromatic nitrogens is 2. The van der Waals surface area contributed by atoms with Crippen LogP contribution in [0.5, 0.6) is 5.88 Å². The van der Waals surface area contributed by atoms with E-state index in [1.165, 1.54) is 5.56 Å². The van der Waals surface area contributed by atoms with Crippen molar-refractivity contribution in [3.05, 3.63) is 42.0 Å². The highest BCUT2D eigenvalue weighted by molar-refractivity contribution is 5.59. The molecule has 0 aliphatic heterocycles. The van der Waals surface area contributed by atoms with Crippen LogP contribution in [0.4, 0.5) is 0 Å². The first-order valence-corrected chi connectivity index (χ1v) is 6.26. The Hall–Kier alpha value is -1.94. The Morgan fingerprint density at radius 1 is 1.11 bits per heavy atom. The minimum Gasteiger partial charge on any atom is -0.480 e. The number of ether oxygens (including phenoxy) is 1. The average Bonchev–Trinajstić information content (AvgIpc) is 2.46. The summed E-state index contributed by atoms with van der Waals surface area (Å²) in [6.45, 7) is 2.18. The third-order valence-electron chi connectivity index (χ3n) is 3.29. The van der Waals surface area contributed by atoms with Crippen LogP contribution in [-0.2, 0) is 0 Å². The molecule has 1 heterocycles. The summed E-state index contributed by atoms with van der Waals surface area (Å²) in [5, 5.41) is 8.18. The minimum absolute atomic E-state index is 0.367. The van der Waals surface area contributed by atoms with Gasteiger partial charge in [-0.25, -0.2) is 0 Å². The van der Waals surface area contributed by atoms with Crippen LogP contribution >= 0.6 is 0 Å². The van der Waals surface area contributed by atoms with Crippen LogP contribution in [0.25, 0.3) is 11.3 Å². The van der Waals surface area contributed by atoms with Crippen molar-refractivity contribution in [1.29, 1.82) is 0 Å². The molecule has 1 atom stereocenters. The molecule has 1 aromatic carbocycles. The summed E-state index contributed by atoms with van der Waals surface area (Å²) in [6, 6.07) is 12.5. The molecule has 0 bridgehead atoms. The van der Waals surface area contributed by atoms with Crippen molar-refractivity contribution in [2.24, 2.45) is 0 Å². The summed E-state index contributed by atoms with van der Waals surface area (Å²) >= 11 is 0. The van der Waals surface area contributed by atoms with Gasteiger partial charge in [-0.05, 0) is 38.7 Å². The van der Waals surface area contributed by atoms with E-state index in [0.717, 1.165) is 11.3 Å². The highest BCUT2D eigenvalue weighted by atomic mass is 16.5. The summed E-state index contributed by atoms with van der Waals surface area (Å²) in [7, 11) is 5.73. The molecule has 1 aromatic heterocycles. The molecule has 0 saturated heterocycles. The Balaban J connectivity index is 2.31. The summed E-state index contributed by atoms with van der Waals surface area (Å²) < 4.78 is 5.02. The Morgan fingerprint density at radius 2 is 1.89 bits per heavy atom. The molecule has 0 aliphatic carbocycles. The van der Waals surface area contributed by atoms with E-state index in [1.54, 1.807) is 7.11 Å². The first-order valence-electron chi connectivity index (χ1n) is 6.26. The number of nitrogens with zero attached hydrogens (tertiary/aromatic N) is 3. The third kappa shape index (κ3) is 3.09. The van der Waals surface area contributed by atoms with E-state index in [4.69, 9.17) is 4.74 Å². The Bertz CT molecular complexity index is 537. The predicted molar refractivity (Wildman–Crippen MR) is 76.1 cm³/mol. The lowest BCUT2D eigenvalue weighted by Crippen LogP contribution is -2.16. The van der Waals surface area contributed by atoms with E-state index in [2.05, 4.69) is 54.3 Å². The largest absolute Gasteiger partial charge is 0.480 e. The van der Waals surface area contributed by atoms with E-state index in [1.807, 2.05) is 18.2 Å². The molecule has 0 amide bonds. The van der Waals surface area contributed by atoms with Gasteiger partial charge in [-0.1, -0.05) is 18.2 Å². The molecule has 0 saturated carbocycles. The topological polar surface area (TPSA) is 38.2 Å². The summed E-state index contributed by atoms with van der Waals surface area (Å²) in [5.74, 6) is 0.529. The lowest BCUT2D eigenvalue weighted by Gasteiger charge is -2.20. The Labute approximate surface area is 114 Å². The van der Waals surface area contributed by atoms with Crippen molar-refractivity contribution < 1.29 is 4.74 Å².